The molecule has 22 heavy (non-hydrogen) atoms. The van der Waals surface area contributed by atoms with Crippen molar-refractivity contribution in [3.63, 3.8) is 0 Å². The van der Waals surface area contributed by atoms with Gasteiger partial charge in [0.05, 0.1) is 6.61 Å². The summed E-state index contributed by atoms with van der Waals surface area (Å²) >= 11 is 6.11. The summed E-state index contributed by atoms with van der Waals surface area (Å²) in [7, 11) is 0. The zero-order valence-electron chi connectivity index (χ0n) is 13.4. The fraction of sp³-hybridized carbons (Fsp3) is 0.588. The van der Waals surface area contributed by atoms with Crippen molar-refractivity contribution in [3.05, 3.63) is 28.8 Å². The molecule has 0 aromatic heterocycles. The number of benzene rings is 1. The molecule has 1 atom stereocenters. The number of carbonyl (C=O) groups excluding carboxylic acids is 1. The molecule has 1 aromatic carbocycles. The first-order chi connectivity index (χ1) is 10.6. The number of nitrogens with zero attached hydrogens (tertiary/aromatic N) is 1. The van der Waals surface area contributed by atoms with Gasteiger partial charge in [0.15, 0.2) is 0 Å². The topological polar surface area (TPSA) is 41.6 Å². The number of hydrogen-bond acceptors (Lipinski definition) is 3. The van der Waals surface area contributed by atoms with Crippen LogP contribution in [0.25, 0.3) is 0 Å². The van der Waals surface area contributed by atoms with E-state index in [0.29, 0.717) is 18.1 Å². The molecule has 1 aliphatic rings. The van der Waals surface area contributed by atoms with Gasteiger partial charge in [0.25, 0.3) is 0 Å². The van der Waals surface area contributed by atoms with Crippen LogP contribution in [-0.2, 0) is 4.79 Å². The van der Waals surface area contributed by atoms with Crippen molar-refractivity contribution in [2.24, 2.45) is 0 Å². The maximum absolute atomic E-state index is 12.3. The molecule has 1 N–H and O–H groups in total. The van der Waals surface area contributed by atoms with Crippen molar-refractivity contribution in [2.75, 3.05) is 32.8 Å². The Bertz CT molecular complexity index is 501. The van der Waals surface area contributed by atoms with E-state index in [1.165, 1.54) is 0 Å². The van der Waals surface area contributed by atoms with Crippen LogP contribution in [0.3, 0.4) is 0 Å². The van der Waals surface area contributed by atoms with E-state index >= 15 is 0 Å². The van der Waals surface area contributed by atoms with Gasteiger partial charge in [-0.3, -0.25) is 4.79 Å². The molecule has 1 saturated heterocycles. The van der Waals surface area contributed by atoms with Crippen LogP contribution in [0.4, 0.5) is 0 Å². The molecule has 0 bridgehead atoms. The lowest BCUT2D eigenvalue weighted by Gasteiger charge is -2.28. The smallest absolute Gasteiger partial charge is 0.222 e. The van der Waals surface area contributed by atoms with E-state index in [2.05, 4.69) is 12.2 Å². The van der Waals surface area contributed by atoms with E-state index in [0.717, 1.165) is 43.9 Å². The Morgan fingerprint density at radius 3 is 2.82 bits per heavy atom. The van der Waals surface area contributed by atoms with Crippen LogP contribution in [0.5, 0.6) is 5.75 Å². The third-order valence-corrected chi connectivity index (χ3v) is 4.30. The summed E-state index contributed by atoms with van der Waals surface area (Å²) in [5.74, 6) is 1.36. The van der Waals surface area contributed by atoms with Gasteiger partial charge in [-0.15, -0.1) is 0 Å². The molecule has 4 nitrogen and oxygen atoms in total. The summed E-state index contributed by atoms with van der Waals surface area (Å²) < 4.78 is 5.67. The standard InChI is InChI=1S/C17H25ClN2O2/c1-3-22-16-6-5-14(18)12-15(16)13(2)4-7-17(21)20-10-8-19-9-11-20/h5-6,12-13,19H,3-4,7-11H2,1-2H3. The lowest BCUT2D eigenvalue weighted by atomic mass is 9.95. The van der Waals surface area contributed by atoms with Crippen molar-refractivity contribution in [1.82, 2.24) is 10.2 Å². The average Bonchev–Trinajstić information content (AvgIpc) is 2.55. The van der Waals surface area contributed by atoms with Crippen LogP contribution in [0.15, 0.2) is 18.2 Å². The third-order valence-electron chi connectivity index (χ3n) is 4.06. The van der Waals surface area contributed by atoms with Gasteiger partial charge in [0.2, 0.25) is 5.91 Å². The molecule has 122 valence electrons. The van der Waals surface area contributed by atoms with Crippen molar-refractivity contribution >= 4 is 17.5 Å². The minimum atomic E-state index is 0.243. The fourth-order valence-electron chi connectivity index (χ4n) is 2.76. The molecule has 1 fully saturated rings. The van der Waals surface area contributed by atoms with E-state index < -0.39 is 0 Å². The van der Waals surface area contributed by atoms with E-state index in [-0.39, 0.29) is 11.8 Å². The second-order valence-corrected chi connectivity index (χ2v) is 6.12. The minimum absolute atomic E-state index is 0.243. The largest absolute Gasteiger partial charge is 0.494 e. The Morgan fingerprint density at radius 2 is 2.14 bits per heavy atom. The lowest BCUT2D eigenvalue weighted by Crippen LogP contribution is -2.46. The second kappa shape index (κ2) is 8.39. The highest BCUT2D eigenvalue weighted by molar-refractivity contribution is 6.30. The first kappa shape index (κ1) is 17.1. The van der Waals surface area contributed by atoms with Gasteiger partial charge in [0, 0.05) is 37.6 Å². The van der Waals surface area contributed by atoms with Crippen LogP contribution in [0.1, 0.15) is 38.2 Å². The highest BCUT2D eigenvalue weighted by atomic mass is 35.5. The van der Waals surface area contributed by atoms with E-state index in [1.807, 2.05) is 30.0 Å². The molecule has 1 aliphatic heterocycles. The molecule has 0 radical (unpaired) electrons. The third kappa shape index (κ3) is 4.62. The number of carbonyl (C=O) groups is 1. The van der Waals surface area contributed by atoms with Crippen LogP contribution in [-0.4, -0.2) is 43.6 Å². The molecular weight excluding hydrogens is 300 g/mol. The predicted octanol–water partition coefficient (Wildman–Crippen LogP) is 3.05. The molecule has 1 amide bonds. The van der Waals surface area contributed by atoms with Crippen molar-refractivity contribution in [2.45, 2.75) is 32.6 Å². The molecule has 1 unspecified atom stereocenters. The first-order valence-electron chi connectivity index (χ1n) is 8.02. The Morgan fingerprint density at radius 1 is 1.41 bits per heavy atom. The summed E-state index contributed by atoms with van der Waals surface area (Å²) in [6.07, 6.45) is 1.38. The van der Waals surface area contributed by atoms with Crippen molar-refractivity contribution < 1.29 is 9.53 Å². The SMILES string of the molecule is CCOc1ccc(Cl)cc1C(C)CCC(=O)N1CCNCC1. The van der Waals surface area contributed by atoms with Crippen LogP contribution < -0.4 is 10.1 Å². The van der Waals surface area contributed by atoms with Crippen LogP contribution >= 0.6 is 11.6 Å². The summed E-state index contributed by atoms with van der Waals surface area (Å²) in [5.41, 5.74) is 1.09. The van der Waals surface area contributed by atoms with E-state index in [4.69, 9.17) is 16.3 Å². The second-order valence-electron chi connectivity index (χ2n) is 5.69. The number of ether oxygens (including phenoxy) is 1. The van der Waals surface area contributed by atoms with Crippen molar-refractivity contribution in [1.29, 1.82) is 0 Å². The quantitative estimate of drug-likeness (QED) is 0.874. The van der Waals surface area contributed by atoms with Crippen LogP contribution in [0, 0.1) is 0 Å². The number of rotatable bonds is 6. The Hall–Kier alpha value is -1.26. The summed E-state index contributed by atoms with van der Waals surface area (Å²) in [6.45, 7) is 8.13. The number of hydrogen-bond donors (Lipinski definition) is 1. The summed E-state index contributed by atoms with van der Waals surface area (Å²) in [6, 6.07) is 5.71. The average molecular weight is 325 g/mol. The van der Waals surface area contributed by atoms with Crippen molar-refractivity contribution in [3.8, 4) is 5.75 Å². The predicted molar refractivity (Wildman–Crippen MR) is 89.7 cm³/mol. The van der Waals surface area contributed by atoms with Gasteiger partial charge in [-0.25, -0.2) is 0 Å². The fourth-order valence-corrected chi connectivity index (χ4v) is 2.94. The van der Waals surface area contributed by atoms with Gasteiger partial charge in [0.1, 0.15) is 5.75 Å². The van der Waals surface area contributed by atoms with E-state index in [1.54, 1.807) is 0 Å². The van der Waals surface area contributed by atoms with Crippen LogP contribution in [0.2, 0.25) is 5.02 Å². The maximum atomic E-state index is 12.3. The lowest BCUT2D eigenvalue weighted by molar-refractivity contribution is -0.131. The minimum Gasteiger partial charge on any atom is -0.494 e. The summed E-state index contributed by atoms with van der Waals surface area (Å²) in [5, 5.41) is 3.97. The Balaban J connectivity index is 1.95. The number of amides is 1. The zero-order chi connectivity index (χ0) is 15.9. The van der Waals surface area contributed by atoms with E-state index in [9.17, 15) is 4.79 Å². The monoisotopic (exact) mass is 324 g/mol. The number of halogens is 1. The Kier molecular flexibility index (Phi) is 6.52. The Labute approximate surface area is 137 Å². The maximum Gasteiger partial charge on any atom is 0.222 e. The van der Waals surface area contributed by atoms with Gasteiger partial charge in [-0.2, -0.15) is 0 Å². The molecule has 5 heteroatoms. The molecule has 1 aromatic rings. The van der Waals surface area contributed by atoms with Gasteiger partial charge >= 0.3 is 0 Å². The molecular formula is C17H25ClN2O2. The zero-order valence-corrected chi connectivity index (χ0v) is 14.2. The molecule has 0 spiro atoms. The molecule has 2 rings (SSSR count). The summed E-state index contributed by atoms with van der Waals surface area (Å²) in [4.78, 5) is 14.2. The van der Waals surface area contributed by atoms with Gasteiger partial charge < -0.3 is 15.0 Å². The number of piperazine rings is 1. The molecule has 1 heterocycles. The van der Waals surface area contributed by atoms with Gasteiger partial charge in [-0.05, 0) is 43.0 Å². The molecule has 0 saturated carbocycles. The molecule has 0 aliphatic carbocycles. The first-order valence-corrected chi connectivity index (χ1v) is 8.40. The normalized spacial score (nSPS) is 16.4. The number of nitrogens with one attached hydrogen (secondary N) is 1. The highest BCUT2D eigenvalue weighted by Crippen LogP contribution is 2.32. The van der Waals surface area contributed by atoms with Gasteiger partial charge in [-0.1, -0.05) is 18.5 Å². The highest BCUT2D eigenvalue weighted by Gasteiger charge is 2.19.